The zero-order chi connectivity index (χ0) is 18.7. The van der Waals surface area contributed by atoms with E-state index in [0.29, 0.717) is 0 Å². The number of benzene rings is 1. The fourth-order valence-corrected chi connectivity index (χ4v) is 4.64. The van der Waals surface area contributed by atoms with E-state index in [1.165, 1.54) is 11.8 Å². The van der Waals surface area contributed by atoms with Crippen molar-refractivity contribution in [1.29, 1.82) is 0 Å². The first-order valence-corrected chi connectivity index (χ1v) is 10.8. The number of hydrogen-bond acceptors (Lipinski definition) is 5. The number of carbonyl (C=O) groups excluding carboxylic acids is 1. The molecule has 1 amide bonds. The number of thioether (sulfide) groups is 1. The van der Waals surface area contributed by atoms with E-state index in [2.05, 4.69) is 38.4 Å². The largest absolute Gasteiger partial charge is 0.324 e. The summed E-state index contributed by atoms with van der Waals surface area (Å²) in [6.45, 7) is 6.69. The van der Waals surface area contributed by atoms with E-state index in [1.807, 2.05) is 54.1 Å². The van der Waals surface area contributed by atoms with E-state index >= 15 is 0 Å². The SMILES string of the molecule is CCn1c(SC(C)C(=O)Nc2ccc(C)cc2Br)nnc1-c1cccs1. The van der Waals surface area contributed by atoms with Gasteiger partial charge in [0.2, 0.25) is 5.91 Å². The first kappa shape index (κ1) is 19.1. The Morgan fingerprint density at radius 2 is 2.19 bits per heavy atom. The number of rotatable bonds is 6. The Morgan fingerprint density at radius 1 is 1.38 bits per heavy atom. The van der Waals surface area contributed by atoms with Gasteiger partial charge in [0.05, 0.1) is 15.8 Å². The molecule has 0 saturated heterocycles. The molecular weight excluding hydrogens is 432 g/mol. The smallest absolute Gasteiger partial charge is 0.237 e. The number of carbonyl (C=O) groups is 1. The second kappa shape index (κ2) is 8.37. The molecule has 0 spiro atoms. The lowest BCUT2D eigenvalue weighted by atomic mass is 10.2. The summed E-state index contributed by atoms with van der Waals surface area (Å²) in [5.41, 5.74) is 1.90. The Kier molecular flexibility index (Phi) is 6.16. The fourth-order valence-electron chi connectivity index (χ4n) is 2.42. The summed E-state index contributed by atoms with van der Waals surface area (Å²) in [6, 6.07) is 9.88. The van der Waals surface area contributed by atoms with Crippen LogP contribution in [0.2, 0.25) is 0 Å². The third-order valence-electron chi connectivity index (χ3n) is 3.81. The lowest BCUT2D eigenvalue weighted by molar-refractivity contribution is -0.115. The maximum absolute atomic E-state index is 12.6. The van der Waals surface area contributed by atoms with E-state index in [0.717, 1.165) is 38.1 Å². The second-order valence-corrected chi connectivity index (χ2v) is 8.87. The number of nitrogens with one attached hydrogen (secondary N) is 1. The van der Waals surface area contributed by atoms with Gasteiger partial charge >= 0.3 is 0 Å². The topological polar surface area (TPSA) is 59.8 Å². The third kappa shape index (κ3) is 4.19. The summed E-state index contributed by atoms with van der Waals surface area (Å²) in [4.78, 5) is 13.7. The molecule has 0 aliphatic carbocycles. The van der Waals surface area contributed by atoms with Crippen LogP contribution in [0.1, 0.15) is 19.4 Å². The second-order valence-electron chi connectivity index (χ2n) is 5.76. The van der Waals surface area contributed by atoms with E-state index in [4.69, 9.17) is 0 Å². The summed E-state index contributed by atoms with van der Waals surface area (Å²) in [6.07, 6.45) is 0. The highest BCUT2D eigenvalue weighted by atomic mass is 79.9. The molecule has 0 aliphatic heterocycles. The van der Waals surface area contributed by atoms with Crippen molar-refractivity contribution in [3.8, 4) is 10.7 Å². The van der Waals surface area contributed by atoms with Crippen molar-refractivity contribution in [2.24, 2.45) is 0 Å². The van der Waals surface area contributed by atoms with Crippen LogP contribution in [-0.4, -0.2) is 25.9 Å². The Labute approximate surface area is 169 Å². The predicted molar refractivity (Wildman–Crippen MR) is 112 cm³/mol. The van der Waals surface area contributed by atoms with Gasteiger partial charge in [-0.15, -0.1) is 21.5 Å². The average molecular weight is 451 g/mol. The molecule has 1 N–H and O–H groups in total. The fraction of sp³-hybridized carbons (Fsp3) is 0.278. The number of anilines is 1. The first-order chi connectivity index (χ1) is 12.5. The Hall–Kier alpha value is -1.64. The highest BCUT2D eigenvalue weighted by molar-refractivity contribution is 9.10. The van der Waals surface area contributed by atoms with Crippen LogP contribution in [0, 0.1) is 6.92 Å². The van der Waals surface area contributed by atoms with Crippen LogP contribution >= 0.6 is 39.0 Å². The molecular formula is C18H19BrN4OS2. The standard InChI is InChI=1S/C18H19BrN4OS2/c1-4-23-16(15-6-5-9-25-15)21-22-18(23)26-12(3)17(24)20-14-8-7-11(2)10-13(14)19/h5-10,12H,4H2,1-3H3,(H,20,24). The van der Waals surface area contributed by atoms with Crippen LogP contribution < -0.4 is 5.32 Å². The molecule has 8 heteroatoms. The van der Waals surface area contributed by atoms with Gasteiger partial charge in [-0.25, -0.2) is 0 Å². The Balaban J connectivity index is 1.73. The van der Waals surface area contributed by atoms with Gasteiger partial charge in [-0.3, -0.25) is 4.79 Å². The normalized spacial score (nSPS) is 12.2. The maximum Gasteiger partial charge on any atom is 0.237 e. The van der Waals surface area contributed by atoms with Crippen LogP contribution in [0.3, 0.4) is 0 Å². The zero-order valence-electron chi connectivity index (χ0n) is 14.7. The molecule has 1 aromatic carbocycles. The van der Waals surface area contributed by atoms with Crippen molar-refractivity contribution >= 4 is 50.6 Å². The summed E-state index contributed by atoms with van der Waals surface area (Å²) in [7, 11) is 0. The minimum Gasteiger partial charge on any atom is -0.324 e. The van der Waals surface area contributed by atoms with Crippen molar-refractivity contribution in [3.05, 3.63) is 45.7 Å². The summed E-state index contributed by atoms with van der Waals surface area (Å²) < 4.78 is 2.92. The van der Waals surface area contributed by atoms with Crippen LogP contribution in [0.5, 0.6) is 0 Å². The van der Waals surface area contributed by atoms with E-state index in [-0.39, 0.29) is 11.2 Å². The molecule has 26 heavy (non-hydrogen) atoms. The summed E-state index contributed by atoms with van der Waals surface area (Å²) >= 11 is 6.54. The molecule has 0 saturated carbocycles. The van der Waals surface area contributed by atoms with Gasteiger partial charge in [0.15, 0.2) is 11.0 Å². The van der Waals surface area contributed by atoms with Crippen molar-refractivity contribution < 1.29 is 4.79 Å². The first-order valence-electron chi connectivity index (χ1n) is 8.20. The minimum absolute atomic E-state index is 0.0668. The van der Waals surface area contributed by atoms with Crippen LogP contribution in [-0.2, 0) is 11.3 Å². The number of aryl methyl sites for hydroxylation is 1. The van der Waals surface area contributed by atoms with Gasteiger partial charge < -0.3 is 9.88 Å². The zero-order valence-corrected chi connectivity index (χ0v) is 17.9. The number of thiophene rings is 1. The van der Waals surface area contributed by atoms with Crippen LogP contribution in [0.4, 0.5) is 5.69 Å². The highest BCUT2D eigenvalue weighted by Gasteiger charge is 2.21. The molecule has 2 aromatic heterocycles. The van der Waals surface area contributed by atoms with E-state index in [1.54, 1.807) is 11.3 Å². The molecule has 1 unspecified atom stereocenters. The van der Waals surface area contributed by atoms with Crippen molar-refractivity contribution in [2.45, 2.75) is 37.7 Å². The van der Waals surface area contributed by atoms with Gasteiger partial charge in [0.25, 0.3) is 0 Å². The minimum atomic E-state index is -0.297. The Bertz CT molecular complexity index is 908. The molecule has 3 rings (SSSR count). The molecule has 0 bridgehead atoms. The predicted octanol–water partition coefficient (Wildman–Crippen LogP) is 5.22. The number of hydrogen-bond donors (Lipinski definition) is 1. The molecule has 2 heterocycles. The van der Waals surface area contributed by atoms with Crippen molar-refractivity contribution in [3.63, 3.8) is 0 Å². The highest BCUT2D eigenvalue weighted by Crippen LogP contribution is 2.30. The van der Waals surface area contributed by atoms with Gasteiger partial charge in [0, 0.05) is 11.0 Å². The quantitative estimate of drug-likeness (QED) is 0.523. The van der Waals surface area contributed by atoms with Gasteiger partial charge in [-0.05, 0) is 65.8 Å². The third-order valence-corrected chi connectivity index (χ3v) is 6.41. The van der Waals surface area contributed by atoms with Crippen molar-refractivity contribution in [1.82, 2.24) is 14.8 Å². The van der Waals surface area contributed by atoms with E-state index < -0.39 is 0 Å². The summed E-state index contributed by atoms with van der Waals surface area (Å²) in [5, 5.41) is 14.0. The molecule has 136 valence electrons. The van der Waals surface area contributed by atoms with Crippen molar-refractivity contribution in [2.75, 3.05) is 5.32 Å². The number of nitrogens with zero attached hydrogens (tertiary/aromatic N) is 3. The van der Waals surface area contributed by atoms with Crippen LogP contribution in [0.15, 0.2) is 45.3 Å². The maximum atomic E-state index is 12.6. The lowest BCUT2D eigenvalue weighted by Crippen LogP contribution is -2.23. The molecule has 5 nitrogen and oxygen atoms in total. The molecule has 0 radical (unpaired) electrons. The molecule has 1 atom stereocenters. The number of aromatic nitrogens is 3. The number of halogens is 1. The van der Waals surface area contributed by atoms with Gasteiger partial charge in [-0.2, -0.15) is 0 Å². The van der Waals surface area contributed by atoms with Gasteiger partial charge in [0.1, 0.15) is 0 Å². The lowest BCUT2D eigenvalue weighted by Gasteiger charge is -2.13. The average Bonchev–Trinajstić information content (AvgIpc) is 3.26. The molecule has 3 aromatic rings. The van der Waals surface area contributed by atoms with Crippen LogP contribution in [0.25, 0.3) is 10.7 Å². The summed E-state index contributed by atoms with van der Waals surface area (Å²) in [5.74, 6) is 0.779. The van der Waals surface area contributed by atoms with E-state index in [9.17, 15) is 4.79 Å². The molecule has 0 aliphatic rings. The molecule has 0 fully saturated rings. The Morgan fingerprint density at radius 3 is 2.85 bits per heavy atom. The van der Waals surface area contributed by atoms with Gasteiger partial charge in [-0.1, -0.05) is 23.9 Å². The number of amides is 1. The monoisotopic (exact) mass is 450 g/mol.